The Labute approximate surface area is 115 Å². The minimum atomic E-state index is -0.999. The van der Waals surface area contributed by atoms with Crippen molar-refractivity contribution in [2.75, 3.05) is 6.54 Å². The molecule has 0 fully saturated rings. The molecule has 19 heavy (non-hydrogen) atoms. The van der Waals surface area contributed by atoms with Gasteiger partial charge in [-0.3, -0.25) is 9.59 Å². The molecule has 0 saturated heterocycles. The number of nitrogens with one attached hydrogen (secondary N) is 1. The van der Waals surface area contributed by atoms with Crippen molar-refractivity contribution in [1.29, 1.82) is 0 Å². The molecule has 3 N–H and O–H groups in total. The van der Waals surface area contributed by atoms with Crippen LogP contribution >= 0.6 is 0 Å². The van der Waals surface area contributed by atoms with Gasteiger partial charge in [0.05, 0.1) is 11.0 Å². The van der Waals surface area contributed by atoms with E-state index in [1.165, 1.54) is 0 Å². The Bertz CT molecular complexity index is 307. The first-order chi connectivity index (χ1) is 8.79. The van der Waals surface area contributed by atoms with E-state index >= 15 is 0 Å². The van der Waals surface area contributed by atoms with Crippen LogP contribution in [0.25, 0.3) is 0 Å². The summed E-state index contributed by atoms with van der Waals surface area (Å²) < 4.78 is 0. The van der Waals surface area contributed by atoms with E-state index in [1.807, 2.05) is 13.8 Å². The van der Waals surface area contributed by atoms with Gasteiger partial charge in [-0.2, -0.15) is 0 Å². The quantitative estimate of drug-likeness (QED) is 0.599. The molecule has 5 heteroatoms. The van der Waals surface area contributed by atoms with Crippen molar-refractivity contribution in [1.82, 2.24) is 5.32 Å². The monoisotopic (exact) mass is 273 g/mol. The molecule has 0 saturated carbocycles. The van der Waals surface area contributed by atoms with Crippen LogP contribution in [0.4, 0.5) is 0 Å². The molecule has 0 spiro atoms. The van der Waals surface area contributed by atoms with Gasteiger partial charge < -0.3 is 15.5 Å². The molecular formula is C14H27NO4. The Kier molecular flexibility index (Phi) is 7.05. The van der Waals surface area contributed by atoms with Gasteiger partial charge in [0.2, 0.25) is 5.91 Å². The molecule has 0 aromatic rings. The highest BCUT2D eigenvalue weighted by atomic mass is 16.4. The van der Waals surface area contributed by atoms with E-state index in [1.54, 1.807) is 13.8 Å². The fourth-order valence-electron chi connectivity index (χ4n) is 2.01. The molecule has 1 amide bonds. The lowest BCUT2D eigenvalue weighted by Gasteiger charge is -2.28. The van der Waals surface area contributed by atoms with Gasteiger partial charge in [0.1, 0.15) is 0 Å². The lowest BCUT2D eigenvalue weighted by molar-refractivity contribution is -0.152. The fraction of sp³-hybridized carbons (Fsp3) is 0.857. The van der Waals surface area contributed by atoms with Crippen molar-refractivity contribution < 1.29 is 19.8 Å². The Morgan fingerprint density at radius 3 is 1.79 bits per heavy atom. The normalized spacial score (nSPS) is 12.3. The highest BCUT2D eigenvalue weighted by Gasteiger charge is 2.37. The van der Waals surface area contributed by atoms with Gasteiger partial charge >= 0.3 is 5.97 Å². The van der Waals surface area contributed by atoms with Crippen LogP contribution in [0.1, 0.15) is 59.8 Å². The summed E-state index contributed by atoms with van der Waals surface area (Å²) in [5.74, 6) is -1.25. The van der Waals surface area contributed by atoms with E-state index in [-0.39, 0.29) is 18.9 Å². The molecule has 0 aliphatic carbocycles. The van der Waals surface area contributed by atoms with Crippen LogP contribution < -0.4 is 5.32 Å². The highest BCUT2D eigenvalue weighted by molar-refractivity contribution is 5.84. The first kappa shape index (κ1) is 17.9. The summed E-state index contributed by atoms with van der Waals surface area (Å²) in [6.07, 6.45) is 1.89. The second-order valence-electron chi connectivity index (χ2n) is 5.18. The smallest absolute Gasteiger partial charge is 0.310 e. The van der Waals surface area contributed by atoms with E-state index in [0.717, 1.165) is 0 Å². The summed E-state index contributed by atoms with van der Waals surface area (Å²) in [6, 6.07) is 0. The van der Waals surface area contributed by atoms with Gasteiger partial charge in [0.25, 0.3) is 0 Å². The van der Waals surface area contributed by atoms with E-state index in [4.69, 9.17) is 0 Å². The number of carboxylic acid groups (broad SMARTS) is 1. The molecule has 0 atom stereocenters. The maximum atomic E-state index is 11.9. The summed E-state index contributed by atoms with van der Waals surface area (Å²) in [6.45, 7) is 7.44. The van der Waals surface area contributed by atoms with Crippen molar-refractivity contribution in [2.45, 2.75) is 65.4 Å². The zero-order chi connectivity index (χ0) is 15.1. The molecule has 0 heterocycles. The topological polar surface area (TPSA) is 86.6 Å². The van der Waals surface area contributed by atoms with Crippen molar-refractivity contribution >= 4 is 11.9 Å². The van der Waals surface area contributed by atoms with Gasteiger partial charge in [-0.1, -0.05) is 27.7 Å². The minimum Gasteiger partial charge on any atom is -0.481 e. The third-order valence-corrected chi connectivity index (χ3v) is 4.24. The standard InChI is InChI=1S/C14H27NO4/c1-5-13(6-2,12(17)18)9-11(16)15-10-14(19,7-3)8-4/h19H,5-10H2,1-4H3,(H,15,16)(H,17,18). The van der Waals surface area contributed by atoms with Crippen LogP contribution in [-0.2, 0) is 9.59 Å². The third kappa shape index (κ3) is 4.82. The second-order valence-corrected chi connectivity index (χ2v) is 5.18. The van der Waals surface area contributed by atoms with Crippen LogP contribution in [0.15, 0.2) is 0 Å². The van der Waals surface area contributed by atoms with Gasteiger partial charge in [-0.25, -0.2) is 0 Å². The zero-order valence-corrected chi connectivity index (χ0v) is 12.5. The molecule has 112 valence electrons. The van der Waals surface area contributed by atoms with Gasteiger partial charge in [-0.05, 0) is 25.7 Å². The number of hydrogen-bond donors (Lipinski definition) is 3. The van der Waals surface area contributed by atoms with Gasteiger partial charge in [0.15, 0.2) is 0 Å². The van der Waals surface area contributed by atoms with Crippen molar-refractivity contribution in [3.8, 4) is 0 Å². The fourth-order valence-corrected chi connectivity index (χ4v) is 2.01. The molecule has 0 aliphatic rings. The largest absolute Gasteiger partial charge is 0.481 e. The van der Waals surface area contributed by atoms with E-state index < -0.39 is 17.0 Å². The maximum Gasteiger partial charge on any atom is 0.310 e. The van der Waals surface area contributed by atoms with Crippen molar-refractivity contribution in [3.05, 3.63) is 0 Å². The molecule has 0 aromatic carbocycles. The molecule has 5 nitrogen and oxygen atoms in total. The van der Waals surface area contributed by atoms with Crippen LogP contribution in [-0.4, -0.2) is 34.2 Å². The number of aliphatic carboxylic acids is 1. The van der Waals surface area contributed by atoms with Gasteiger partial charge in [-0.15, -0.1) is 0 Å². The Hall–Kier alpha value is -1.10. The molecule has 0 radical (unpaired) electrons. The number of carbonyl (C=O) groups is 2. The predicted octanol–water partition coefficient (Wildman–Crippen LogP) is 1.93. The summed E-state index contributed by atoms with van der Waals surface area (Å²) in [4.78, 5) is 23.2. The number of rotatable bonds is 9. The molecular weight excluding hydrogens is 246 g/mol. The third-order valence-electron chi connectivity index (χ3n) is 4.24. The lowest BCUT2D eigenvalue weighted by atomic mass is 9.79. The van der Waals surface area contributed by atoms with Crippen LogP contribution in [0.3, 0.4) is 0 Å². The lowest BCUT2D eigenvalue weighted by Crippen LogP contribution is -2.44. The zero-order valence-electron chi connectivity index (χ0n) is 12.5. The average Bonchev–Trinajstić information content (AvgIpc) is 2.41. The van der Waals surface area contributed by atoms with E-state index in [9.17, 15) is 19.8 Å². The molecule has 0 unspecified atom stereocenters. The first-order valence-electron chi connectivity index (χ1n) is 7.01. The Morgan fingerprint density at radius 2 is 1.47 bits per heavy atom. The SMILES string of the molecule is CCC(O)(CC)CNC(=O)CC(CC)(CC)C(=O)O. The van der Waals surface area contributed by atoms with Crippen molar-refractivity contribution in [3.63, 3.8) is 0 Å². The summed E-state index contributed by atoms with van der Waals surface area (Å²) in [5.41, 5.74) is -1.90. The van der Waals surface area contributed by atoms with E-state index in [0.29, 0.717) is 25.7 Å². The molecule has 0 aromatic heterocycles. The van der Waals surface area contributed by atoms with E-state index in [2.05, 4.69) is 5.32 Å². The molecule has 0 aliphatic heterocycles. The van der Waals surface area contributed by atoms with Crippen LogP contribution in [0.5, 0.6) is 0 Å². The number of amides is 1. The van der Waals surface area contributed by atoms with Crippen LogP contribution in [0, 0.1) is 5.41 Å². The number of hydrogen-bond acceptors (Lipinski definition) is 3. The first-order valence-corrected chi connectivity index (χ1v) is 7.01. The predicted molar refractivity (Wildman–Crippen MR) is 73.8 cm³/mol. The van der Waals surface area contributed by atoms with Crippen molar-refractivity contribution in [2.24, 2.45) is 5.41 Å². The van der Waals surface area contributed by atoms with Crippen LogP contribution in [0.2, 0.25) is 0 Å². The minimum absolute atomic E-state index is 0.0428. The number of aliphatic hydroxyl groups is 1. The summed E-state index contributed by atoms with van der Waals surface area (Å²) in [5, 5.41) is 22.0. The average molecular weight is 273 g/mol. The van der Waals surface area contributed by atoms with Gasteiger partial charge in [0, 0.05) is 13.0 Å². The number of carbonyl (C=O) groups excluding carboxylic acids is 1. The summed E-state index contributed by atoms with van der Waals surface area (Å²) in [7, 11) is 0. The Balaban J connectivity index is 4.57. The second kappa shape index (κ2) is 7.48. The summed E-state index contributed by atoms with van der Waals surface area (Å²) >= 11 is 0. The molecule has 0 bridgehead atoms. The highest BCUT2D eigenvalue weighted by Crippen LogP contribution is 2.30. The number of carboxylic acids is 1. The molecule has 0 rings (SSSR count). The maximum absolute atomic E-state index is 11.9. The Morgan fingerprint density at radius 1 is 1.00 bits per heavy atom.